The minimum absolute atomic E-state index is 0.109. The Bertz CT molecular complexity index is 1090. The Balaban J connectivity index is 1.47. The minimum atomic E-state index is -0.166. The summed E-state index contributed by atoms with van der Waals surface area (Å²) in [5, 5.41) is 0. The molecule has 3 heterocycles. The fourth-order valence-corrected chi connectivity index (χ4v) is 4.30. The standard InChI is InChI=1S/C22H24N4O3/c1-23-18-14-25-13-12-24(17-10-6-7-11-19(17)28-2)15-20(25)29-21(18)22(27)26(23)16-8-4-3-5-9-16/h3-11,20H,12-15H2,1-2H3. The summed E-state index contributed by atoms with van der Waals surface area (Å²) < 4.78 is 15.4. The molecule has 3 aromatic rings. The Labute approximate surface area is 169 Å². The van der Waals surface area contributed by atoms with Crippen molar-refractivity contribution in [2.45, 2.75) is 12.8 Å². The lowest BCUT2D eigenvalue weighted by molar-refractivity contribution is -0.0102. The molecule has 0 radical (unpaired) electrons. The van der Waals surface area contributed by atoms with Gasteiger partial charge in [0.25, 0.3) is 0 Å². The van der Waals surface area contributed by atoms with Crippen LogP contribution in [0.5, 0.6) is 11.5 Å². The zero-order valence-corrected chi connectivity index (χ0v) is 16.6. The van der Waals surface area contributed by atoms with Crippen LogP contribution in [0.3, 0.4) is 0 Å². The second-order valence-electron chi connectivity index (χ2n) is 7.41. The second kappa shape index (κ2) is 7.00. The number of piperazine rings is 1. The van der Waals surface area contributed by atoms with E-state index in [4.69, 9.17) is 9.47 Å². The van der Waals surface area contributed by atoms with E-state index >= 15 is 0 Å². The van der Waals surface area contributed by atoms with Gasteiger partial charge in [-0.15, -0.1) is 0 Å². The monoisotopic (exact) mass is 392 g/mol. The molecule has 0 spiro atoms. The van der Waals surface area contributed by atoms with Crippen molar-refractivity contribution in [3.05, 3.63) is 70.6 Å². The van der Waals surface area contributed by atoms with Crippen LogP contribution in [0.2, 0.25) is 0 Å². The third-order valence-electron chi connectivity index (χ3n) is 5.81. The average Bonchev–Trinajstić information content (AvgIpc) is 3.01. The number of nitrogens with zero attached hydrogens (tertiary/aromatic N) is 4. The van der Waals surface area contributed by atoms with E-state index in [1.807, 2.05) is 60.3 Å². The van der Waals surface area contributed by atoms with Crippen molar-refractivity contribution in [2.24, 2.45) is 7.05 Å². The van der Waals surface area contributed by atoms with E-state index in [1.165, 1.54) is 0 Å². The zero-order valence-electron chi connectivity index (χ0n) is 16.6. The van der Waals surface area contributed by atoms with E-state index in [-0.39, 0.29) is 11.8 Å². The highest BCUT2D eigenvalue weighted by Crippen LogP contribution is 2.33. The highest BCUT2D eigenvalue weighted by atomic mass is 16.5. The summed E-state index contributed by atoms with van der Waals surface area (Å²) >= 11 is 0. The summed E-state index contributed by atoms with van der Waals surface area (Å²) in [6.07, 6.45) is -0.166. The molecule has 2 aliphatic heterocycles. The first kappa shape index (κ1) is 17.9. The highest BCUT2D eigenvalue weighted by Gasteiger charge is 2.37. The molecule has 0 aliphatic carbocycles. The fraction of sp³-hybridized carbons (Fsp3) is 0.318. The van der Waals surface area contributed by atoms with Crippen molar-refractivity contribution in [1.82, 2.24) is 14.3 Å². The molecule has 29 heavy (non-hydrogen) atoms. The number of para-hydroxylation sites is 3. The average molecular weight is 392 g/mol. The number of ether oxygens (including phenoxy) is 2. The molecule has 1 saturated heterocycles. The molecule has 0 N–H and O–H groups in total. The van der Waals surface area contributed by atoms with Gasteiger partial charge in [0.05, 0.1) is 30.7 Å². The number of fused-ring (bicyclic) bond motifs is 2. The summed E-state index contributed by atoms with van der Waals surface area (Å²) in [5.74, 6) is 1.31. The van der Waals surface area contributed by atoms with Crippen LogP contribution >= 0.6 is 0 Å². The van der Waals surface area contributed by atoms with E-state index in [0.29, 0.717) is 18.8 Å². The summed E-state index contributed by atoms with van der Waals surface area (Å²) in [6.45, 7) is 3.11. The number of hydrogen-bond donors (Lipinski definition) is 0. The largest absolute Gasteiger partial charge is 0.495 e. The number of methoxy groups -OCH3 is 1. The van der Waals surface area contributed by atoms with Crippen molar-refractivity contribution < 1.29 is 9.47 Å². The SMILES string of the molecule is COc1ccccc1N1CCN2Cc3c(c(=O)n(-c4ccccc4)n3C)OC2C1. The molecule has 1 aromatic heterocycles. The predicted molar refractivity (Wildman–Crippen MR) is 111 cm³/mol. The van der Waals surface area contributed by atoms with Crippen LogP contribution in [-0.2, 0) is 13.6 Å². The molecule has 7 heteroatoms. The molecule has 150 valence electrons. The molecule has 2 aliphatic rings. The van der Waals surface area contributed by atoms with Crippen molar-refractivity contribution in [3.8, 4) is 17.2 Å². The Kier molecular flexibility index (Phi) is 4.32. The van der Waals surface area contributed by atoms with Crippen molar-refractivity contribution >= 4 is 5.69 Å². The van der Waals surface area contributed by atoms with Crippen LogP contribution in [0.25, 0.3) is 5.69 Å². The van der Waals surface area contributed by atoms with E-state index in [9.17, 15) is 4.79 Å². The maximum Gasteiger partial charge on any atom is 0.314 e. The van der Waals surface area contributed by atoms with E-state index < -0.39 is 0 Å². The molecule has 0 amide bonds. The minimum Gasteiger partial charge on any atom is -0.495 e. The smallest absolute Gasteiger partial charge is 0.314 e. The fourth-order valence-electron chi connectivity index (χ4n) is 4.30. The number of anilines is 1. The van der Waals surface area contributed by atoms with Gasteiger partial charge < -0.3 is 14.4 Å². The van der Waals surface area contributed by atoms with Gasteiger partial charge in [-0.3, -0.25) is 14.4 Å². The first-order valence-corrected chi connectivity index (χ1v) is 9.82. The van der Waals surface area contributed by atoms with Gasteiger partial charge in [0.2, 0.25) is 5.75 Å². The molecular formula is C22H24N4O3. The van der Waals surface area contributed by atoms with Crippen molar-refractivity contribution in [2.75, 3.05) is 31.6 Å². The van der Waals surface area contributed by atoms with Crippen LogP contribution in [0.4, 0.5) is 5.69 Å². The molecule has 1 atom stereocenters. The van der Waals surface area contributed by atoms with Gasteiger partial charge in [0.1, 0.15) is 5.75 Å². The highest BCUT2D eigenvalue weighted by molar-refractivity contribution is 5.59. The van der Waals surface area contributed by atoms with Crippen LogP contribution in [0.15, 0.2) is 59.4 Å². The number of rotatable bonds is 3. The summed E-state index contributed by atoms with van der Waals surface area (Å²) in [5.41, 5.74) is 2.70. The van der Waals surface area contributed by atoms with Gasteiger partial charge in [0, 0.05) is 26.7 Å². The first-order valence-electron chi connectivity index (χ1n) is 9.82. The number of benzene rings is 2. The van der Waals surface area contributed by atoms with Gasteiger partial charge in [-0.1, -0.05) is 30.3 Å². The molecule has 7 nitrogen and oxygen atoms in total. The first-order chi connectivity index (χ1) is 14.2. The van der Waals surface area contributed by atoms with Gasteiger partial charge in [0.15, 0.2) is 6.23 Å². The zero-order chi connectivity index (χ0) is 20.0. The van der Waals surface area contributed by atoms with Crippen LogP contribution in [-0.4, -0.2) is 47.2 Å². The summed E-state index contributed by atoms with van der Waals surface area (Å²) in [4.78, 5) is 17.7. The van der Waals surface area contributed by atoms with E-state index in [2.05, 4.69) is 15.9 Å². The van der Waals surface area contributed by atoms with Crippen molar-refractivity contribution in [1.29, 1.82) is 0 Å². The Morgan fingerprint density at radius 2 is 1.79 bits per heavy atom. The predicted octanol–water partition coefficient (Wildman–Crippen LogP) is 2.23. The number of hydrogen-bond acceptors (Lipinski definition) is 5. The van der Waals surface area contributed by atoms with Crippen LogP contribution in [0, 0.1) is 0 Å². The quantitative estimate of drug-likeness (QED) is 0.684. The van der Waals surface area contributed by atoms with Crippen LogP contribution in [0.1, 0.15) is 5.69 Å². The molecule has 1 unspecified atom stereocenters. The third-order valence-corrected chi connectivity index (χ3v) is 5.81. The lowest BCUT2D eigenvalue weighted by atomic mass is 10.2. The van der Waals surface area contributed by atoms with Crippen molar-refractivity contribution in [3.63, 3.8) is 0 Å². The Morgan fingerprint density at radius 1 is 1.03 bits per heavy atom. The van der Waals surface area contributed by atoms with E-state index in [0.717, 1.165) is 35.9 Å². The molecule has 0 saturated carbocycles. The molecule has 1 fully saturated rings. The lowest BCUT2D eigenvalue weighted by Crippen LogP contribution is -2.57. The Hall–Kier alpha value is -3.19. The van der Waals surface area contributed by atoms with Gasteiger partial charge in [-0.2, -0.15) is 0 Å². The maximum absolute atomic E-state index is 13.1. The molecule has 0 bridgehead atoms. The molecular weight excluding hydrogens is 368 g/mol. The lowest BCUT2D eigenvalue weighted by Gasteiger charge is -2.44. The van der Waals surface area contributed by atoms with Gasteiger partial charge >= 0.3 is 5.56 Å². The maximum atomic E-state index is 13.1. The number of aromatic nitrogens is 2. The second-order valence-corrected chi connectivity index (χ2v) is 7.41. The van der Waals surface area contributed by atoms with Gasteiger partial charge in [-0.05, 0) is 24.3 Å². The molecule has 5 rings (SSSR count). The Morgan fingerprint density at radius 3 is 2.59 bits per heavy atom. The summed E-state index contributed by atoms with van der Waals surface area (Å²) in [7, 11) is 3.61. The third kappa shape index (κ3) is 2.89. The van der Waals surface area contributed by atoms with E-state index in [1.54, 1.807) is 11.8 Å². The summed E-state index contributed by atoms with van der Waals surface area (Å²) in [6, 6.07) is 17.7. The molecule has 2 aromatic carbocycles. The topological polar surface area (TPSA) is 51.9 Å². The normalized spacial score (nSPS) is 18.7. The van der Waals surface area contributed by atoms with Gasteiger partial charge in [-0.25, -0.2) is 4.68 Å². The van der Waals surface area contributed by atoms with Crippen LogP contribution < -0.4 is 19.9 Å².